The van der Waals surface area contributed by atoms with Crippen LogP contribution in [0.5, 0.6) is 0 Å². The van der Waals surface area contributed by atoms with Gasteiger partial charge in [-0.05, 0) is 17.5 Å². The van der Waals surface area contributed by atoms with Gasteiger partial charge in [0.25, 0.3) is 0 Å². The molecule has 0 aliphatic rings. The molecule has 0 nitrogen and oxygen atoms in total. The Hall–Kier alpha value is -0.0500. The van der Waals surface area contributed by atoms with Crippen molar-refractivity contribution in [1.29, 1.82) is 0 Å². The summed E-state index contributed by atoms with van der Waals surface area (Å²) in [7, 11) is 0. The van der Waals surface area contributed by atoms with E-state index in [1.165, 1.54) is 9.40 Å². The molecular formula is C6H3ClS2. The molecule has 0 saturated carbocycles. The topological polar surface area (TPSA) is 0 Å². The fraction of sp³-hybridized carbons (Fsp3) is 0. The molecule has 0 N–H and O–H groups in total. The second kappa shape index (κ2) is 1.97. The molecule has 0 atom stereocenters. The summed E-state index contributed by atoms with van der Waals surface area (Å²) in [6.07, 6.45) is 0. The van der Waals surface area contributed by atoms with Gasteiger partial charge >= 0.3 is 0 Å². The average Bonchev–Trinajstić information content (AvgIpc) is 2.22. The van der Waals surface area contributed by atoms with Crippen molar-refractivity contribution in [3.63, 3.8) is 0 Å². The maximum atomic E-state index is 5.75. The summed E-state index contributed by atoms with van der Waals surface area (Å²) in [5, 5.41) is 3.35. The Bertz CT molecular complexity index is 292. The van der Waals surface area contributed by atoms with E-state index in [0.29, 0.717) is 0 Å². The molecule has 2 aromatic rings. The van der Waals surface area contributed by atoms with E-state index < -0.39 is 0 Å². The molecule has 0 amide bonds. The standard InChI is InChI=1S/C6H3ClS2/c7-5-3-4-1-2-8-6(4)9-5/h1-3H. The molecule has 0 aromatic carbocycles. The molecule has 0 aliphatic carbocycles. The third-order valence-corrected chi connectivity index (χ3v) is 3.45. The number of thiophene rings is 2. The molecule has 9 heavy (non-hydrogen) atoms. The second-order valence-corrected chi connectivity index (χ2v) is 4.57. The largest absolute Gasteiger partial charge is 0.133 e. The maximum absolute atomic E-state index is 5.75. The molecule has 0 aliphatic heterocycles. The van der Waals surface area contributed by atoms with Gasteiger partial charge in [-0.1, -0.05) is 11.6 Å². The van der Waals surface area contributed by atoms with Gasteiger partial charge in [0.15, 0.2) is 0 Å². The Morgan fingerprint density at radius 2 is 2.33 bits per heavy atom. The van der Waals surface area contributed by atoms with Gasteiger partial charge < -0.3 is 0 Å². The molecule has 3 heteroatoms. The Morgan fingerprint density at radius 1 is 1.44 bits per heavy atom. The Morgan fingerprint density at radius 3 is 3.11 bits per heavy atom. The lowest BCUT2D eigenvalue weighted by molar-refractivity contribution is 2.10. The molecule has 0 bridgehead atoms. The maximum Gasteiger partial charge on any atom is 0.0949 e. The van der Waals surface area contributed by atoms with Crippen LogP contribution in [0.25, 0.3) is 9.40 Å². The first-order valence-electron chi connectivity index (χ1n) is 2.49. The molecule has 0 saturated heterocycles. The van der Waals surface area contributed by atoms with Gasteiger partial charge in [0, 0.05) is 5.39 Å². The van der Waals surface area contributed by atoms with E-state index in [-0.39, 0.29) is 0 Å². The van der Waals surface area contributed by atoms with E-state index in [1.807, 2.05) is 6.07 Å². The Kier molecular flexibility index (Phi) is 1.25. The number of rotatable bonds is 0. The minimum Gasteiger partial charge on any atom is -0.133 e. The van der Waals surface area contributed by atoms with Crippen LogP contribution in [0.4, 0.5) is 0 Å². The monoisotopic (exact) mass is 174 g/mol. The summed E-state index contributed by atoms with van der Waals surface area (Å²) in [6.45, 7) is 0. The first-order valence-corrected chi connectivity index (χ1v) is 4.56. The van der Waals surface area contributed by atoms with Crippen molar-refractivity contribution in [2.24, 2.45) is 0 Å². The molecule has 0 unspecified atom stereocenters. The lowest BCUT2D eigenvalue weighted by Gasteiger charge is -1.66. The van der Waals surface area contributed by atoms with Gasteiger partial charge in [-0.3, -0.25) is 0 Å². The normalized spacial score (nSPS) is 10.8. The summed E-state index contributed by atoms with van der Waals surface area (Å²) in [5.41, 5.74) is 0. The van der Waals surface area contributed by atoms with Gasteiger partial charge in [0.1, 0.15) is 0 Å². The molecule has 2 aromatic heterocycles. The van der Waals surface area contributed by atoms with Crippen molar-refractivity contribution in [2.45, 2.75) is 0 Å². The molecule has 2 rings (SSSR count). The van der Waals surface area contributed by atoms with Crippen LogP contribution in [-0.2, 0) is 0 Å². The van der Waals surface area contributed by atoms with Crippen LogP contribution in [0.2, 0.25) is 4.34 Å². The smallest absolute Gasteiger partial charge is 0.0949 e. The summed E-state index contributed by atoms with van der Waals surface area (Å²) < 4.78 is 2.21. The third kappa shape index (κ3) is 0.874. The highest BCUT2D eigenvalue weighted by Crippen LogP contribution is 2.32. The second-order valence-electron chi connectivity index (χ2n) is 1.71. The molecule has 46 valence electrons. The highest BCUT2D eigenvalue weighted by molar-refractivity contribution is 7.39. The van der Waals surface area contributed by atoms with E-state index >= 15 is 0 Å². The predicted molar refractivity (Wildman–Crippen MR) is 44.7 cm³/mol. The van der Waals surface area contributed by atoms with Crippen LogP contribution >= 0.6 is 34.3 Å². The van der Waals surface area contributed by atoms with E-state index in [1.54, 1.807) is 22.7 Å². The van der Waals surface area contributed by atoms with Crippen molar-refractivity contribution in [1.82, 2.24) is 0 Å². The van der Waals surface area contributed by atoms with Crippen LogP contribution in [0.1, 0.15) is 0 Å². The lowest BCUT2D eigenvalue weighted by Crippen LogP contribution is -1.39. The minimum absolute atomic E-state index is 0.886. The molecule has 0 radical (unpaired) electrons. The summed E-state index contributed by atoms with van der Waals surface area (Å²) >= 11 is 9.13. The SMILES string of the molecule is Clc1cc2ccsc2s1. The Labute approximate surface area is 65.7 Å². The highest BCUT2D eigenvalue weighted by atomic mass is 35.5. The molecule has 0 fully saturated rings. The van der Waals surface area contributed by atoms with E-state index in [0.717, 1.165) is 4.34 Å². The minimum atomic E-state index is 0.886. The first kappa shape index (κ1) is 5.71. The fourth-order valence-corrected chi connectivity index (χ4v) is 3.06. The van der Waals surface area contributed by atoms with Crippen LogP contribution in [0.3, 0.4) is 0 Å². The van der Waals surface area contributed by atoms with Crippen molar-refractivity contribution >= 4 is 43.7 Å². The van der Waals surface area contributed by atoms with Gasteiger partial charge in [-0.25, -0.2) is 0 Å². The van der Waals surface area contributed by atoms with Crippen molar-refractivity contribution in [3.05, 3.63) is 21.8 Å². The quantitative estimate of drug-likeness (QED) is 0.573. The number of halogens is 1. The summed E-state index contributed by atoms with van der Waals surface area (Å²) in [4.78, 5) is 0. The van der Waals surface area contributed by atoms with Gasteiger partial charge in [0.2, 0.25) is 0 Å². The molecule has 2 heterocycles. The van der Waals surface area contributed by atoms with Crippen molar-refractivity contribution in [3.8, 4) is 0 Å². The highest BCUT2D eigenvalue weighted by Gasteiger charge is 1.97. The fourth-order valence-electron chi connectivity index (χ4n) is 0.736. The van der Waals surface area contributed by atoms with Crippen molar-refractivity contribution in [2.75, 3.05) is 0 Å². The summed E-state index contributed by atoms with van der Waals surface area (Å²) in [5.74, 6) is 0. The lowest BCUT2D eigenvalue weighted by atomic mass is 10.4. The van der Waals surface area contributed by atoms with E-state index in [9.17, 15) is 0 Å². The molecular weight excluding hydrogens is 172 g/mol. The summed E-state index contributed by atoms with van der Waals surface area (Å²) in [6, 6.07) is 4.08. The average molecular weight is 175 g/mol. The van der Waals surface area contributed by atoms with Crippen LogP contribution in [0.15, 0.2) is 17.5 Å². The van der Waals surface area contributed by atoms with E-state index in [2.05, 4.69) is 11.4 Å². The van der Waals surface area contributed by atoms with Crippen LogP contribution in [0, 0.1) is 0 Å². The number of hydrogen-bond donors (Lipinski definition) is 0. The van der Waals surface area contributed by atoms with Crippen LogP contribution < -0.4 is 0 Å². The van der Waals surface area contributed by atoms with E-state index in [4.69, 9.17) is 11.6 Å². The zero-order chi connectivity index (χ0) is 6.27. The third-order valence-electron chi connectivity index (χ3n) is 1.12. The zero-order valence-electron chi connectivity index (χ0n) is 4.43. The predicted octanol–water partition coefficient (Wildman–Crippen LogP) is 3.62. The van der Waals surface area contributed by atoms with Gasteiger partial charge in [-0.2, -0.15) is 0 Å². The number of fused-ring (bicyclic) bond motifs is 1. The molecule has 0 spiro atoms. The van der Waals surface area contributed by atoms with Crippen molar-refractivity contribution < 1.29 is 0 Å². The van der Waals surface area contributed by atoms with Crippen LogP contribution in [-0.4, -0.2) is 0 Å². The Balaban J connectivity index is 2.92. The first-order chi connectivity index (χ1) is 4.36. The van der Waals surface area contributed by atoms with Gasteiger partial charge in [0.05, 0.1) is 8.35 Å². The van der Waals surface area contributed by atoms with Gasteiger partial charge in [-0.15, -0.1) is 22.7 Å². The number of hydrogen-bond acceptors (Lipinski definition) is 2. The zero-order valence-corrected chi connectivity index (χ0v) is 6.82.